The van der Waals surface area contributed by atoms with Crippen molar-refractivity contribution in [3.8, 4) is 0 Å². The molecule has 0 spiro atoms. The molecule has 1 aliphatic rings. The first-order chi connectivity index (χ1) is 7.74. The van der Waals surface area contributed by atoms with Crippen molar-refractivity contribution >= 4 is 0 Å². The van der Waals surface area contributed by atoms with Gasteiger partial charge in [0.15, 0.2) is 0 Å². The van der Waals surface area contributed by atoms with Gasteiger partial charge in [-0.2, -0.15) is 0 Å². The van der Waals surface area contributed by atoms with Gasteiger partial charge in [0.2, 0.25) is 0 Å². The average Bonchev–Trinajstić information content (AvgIpc) is 2.63. The Hall–Kier alpha value is -0.800. The van der Waals surface area contributed by atoms with Crippen molar-refractivity contribution in [2.75, 3.05) is 19.6 Å². The standard InChI is InChI=1S/C13H22N2O/c1-11-6-9-15(8-3-7-14-11)10-13-5-4-12(2)16-13/h4-5,11,14H,3,6-10H2,1-2H3. The van der Waals surface area contributed by atoms with Crippen LogP contribution in [0.15, 0.2) is 16.5 Å². The lowest BCUT2D eigenvalue weighted by Crippen LogP contribution is -2.38. The van der Waals surface area contributed by atoms with Gasteiger partial charge in [0.05, 0.1) is 6.54 Å². The zero-order chi connectivity index (χ0) is 11.4. The SMILES string of the molecule is Cc1ccc(CN2CCCNC(C)CC2)o1. The molecule has 1 N–H and O–H groups in total. The van der Waals surface area contributed by atoms with Gasteiger partial charge in [-0.15, -0.1) is 0 Å². The van der Waals surface area contributed by atoms with Gasteiger partial charge in [-0.3, -0.25) is 4.90 Å². The van der Waals surface area contributed by atoms with E-state index in [1.165, 1.54) is 19.4 Å². The number of nitrogens with zero attached hydrogens (tertiary/aromatic N) is 1. The molecule has 0 radical (unpaired) electrons. The zero-order valence-corrected chi connectivity index (χ0v) is 10.3. The second kappa shape index (κ2) is 5.51. The fraction of sp³-hybridized carbons (Fsp3) is 0.692. The molecule has 90 valence electrons. The number of aryl methyl sites for hydroxylation is 1. The van der Waals surface area contributed by atoms with E-state index in [1.807, 2.05) is 13.0 Å². The van der Waals surface area contributed by atoms with Crippen LogP contribution in [0.4, 0.5) is 0 Å². The molecule has 0 amide bonds. The molecule has 16 heavy (non-hydrogen) atoms. The van der Waals surface area contributed by atoms with Crippen molar-refractivity contribution < 1.29 is 4.42 Å². The molecule has 1 aliphatic heterocycles. The van der Waals surface area contributed by atoms with Crippen molar-refractivity contribution in [1.29, 1.82) is 0 Å². The second-order valence-electron chi connectivity index (χ2n) is 4.79. The van der Waals surface area contributed by atoms with Crippen LogP contribution >= 0.6 is 0 Å². The molecule has 1 fully saturated rings. The van der Waals surface area contributed by atoms with Crippen LogP contribution in [-0.2, 0) is 6.54 Å². The molecule has 1 aromatic rings. The molecular weight excluding hydrogens is 200 g/mol. The summed E-state index contributed by atoms with van der Waals surface area (Å²) in [5.74, 6) is 2.11. The maximum Gasteiger partial charge on any atom is 0.118 e. The van der Waals surface area contributed by atoms with E-state index in [2.05, 4.69) is 23.2 Å². The maximum atomic E-state index is 5.63. The highest BCUT2D eigenvalue weighted by Gasteiger charge is 2.13. The molecule has 1 atom stereocenters. The van der Waals surface area contributed by atoms with Gasteiger partial charge >= 0.3 is 0 Å². The van der Waals surface area contributed by atoms with Gasteiger partial charge in [-0.1, -0.05) is 0 Å². The normalized spacial score (nSPS) is 24.0. The van der Waals surface area contributed by atoms with E-state index >= 15 is 0 Å². The quantitative estimate of drug-likeness (QED) is 0.831. The Morgan fingerprint density at radius 2 is 2.31 bits per heavy atom. The highest BCUT2D eigenvalue weighted by Crippen LogP contribution is 2.11. The Morgan fingerprint density at radius 3 is 3.06 bits per heavy atom. The van der Waals surface area contributed by atoms with E-state index in [9.17, 15) is 0 Å². The van der Waals surface area contributed by atoms with E-state index in [0.29, 0.717) is 6.04 Å². The maximum absolute atomic E-state index is 5.63. The van der Waals surface area contributed by atoms with Crippen LogP contribution in [0, 0.1) is 6.92 Å². The Kier molecular flexibility index (Phi) is 4.02. The van der Waals surface area contributed by atoms with Crippen LogP contribution in [0.3, 0.4) is 0 Å². The van der Waals surface area contributed by atoms with E-state index in [1.54, 1.807) is 0 Å². The molecule has 3 nitrogen and oxygen atoms in total. The fourth-order valence-corrected chi connectivity index (χ4v) is 2.19. The van der Waals surface area contributed by atoms with Gasteiger partial charge < -0.3 is 9.73 Å². The molecule has 3 heteroatoms. The molecular formula is C13H22N2O. The summed E-state index contributed by atoms with van der Waals surface area (Å²) >= 11 is 0. The first-order valence-electron chi connectivity index (χ1n) is 6.25. The highest BCUT2D eigenvalue weighted by molar-refractivity contribution is 5.05. The molecule has 0 saturated carbocycles. The number of rotatable bonds is 2. The Bertz CT molecular complexity index is 321. The van der Waals surface area contributed by atoms with Gasteiger partial charge in [-0.05, 0) is 51.9 Å². The minimum atomic E-state index is 0.640. The Balaban J connectivity index is 1.87. The predicted molar refractivity (Wildman–Crippen MR) is 65.4 cm³/mol. The molecule has 0 aromatic carbocycles. The second-order valence-corrected chi connectivity index (χ2v) is 4.79. The zero-order valence-electron chi connectivity index (χ0n) is 10.3. The van der Waals surface area contributed by atoms with Gasteiger partial charge in [0, 0.05) is 12.6 Å². The minimum Gasteiger partial charge on any atom is -0.465 e. The summed E-state index contributed by atoms with van der Waals surface area (Å²) in [5.41, 5.74) is 0. The molecule has 1 saturated heterocycles. The average molecular weight is 222 g/mol. The number of hydrogen-bond acceptors (Lipinski definition) is 3. The fourth-order valence-electron chi connectivity index (χ4n) is 2.19. The Labute approximate surface area is 97.8 Å². The van der Waals surface area contributed by atoms with Crippen molar-refractivity contribution in [3.63, 3.8) is 0 Å². The van der Waals surface area contributed by atoms with E-state index in [0.717, 1.165) is 31.2 Å². The summed E-state index contributed by atoms with van der Waals surface area (Å²) in [4.78, 5) is 2.50. The van der Waals surface area contributed by atoms with E-state index in [-0.39, 0.29) is 0 Å². The molecule has 0 aliphatic carbocycles. The third-order valence-corrected chi connectivity index (χ3v) is 3.20. The third-order valence-electron chi connectivity index (χ3n) is 3.20. The van der Waals surface area contributed by atoms with Gasteiger partial charge in [0.1, 0.15) is 11.5 Å². The lowest BCUT2D eigenvalue weighted by molar-refractivity contribution is 0.213. The largest absolute Gasteiger partial charge is 0.465 e. The smallest absolute Gasteiger partial charge is 0.118 e. The monoisotopic (exact) mass is 222 g/mol. The molecule has 1 unspecified atom stereocenters. The summed E-state index contributed by atoms with van der Waals surface area (Å²) in [5, 5.41) is 3.52. The van der Waals surface area contributed by atoms with Crippen molar-refractivity contribution in [3.05, 3.63) is 23.7 Å². The summed E-state index contributed by atoms with van der Waals surface area (Å²) in [6, 6.07) is 4.78. The van der Waals surface area contributed by atoms with Gasteiger partial charge in [0.25, 0.3) is 0 Å². The highest BCUT2D eigenvalue weighted by atomic mass is 16.3. The summed E-state index contributed by atoms with van der Waals surface area (Å²) in [7, 11) is 0. The van der Waals surface area contributed by atoms with Crippen LogP contribution in [0.5, 0.6) is 0 Å². The van der Waals surface area contributed by atoms with Crippen molar-refractivity contribution in [2.45, 2.75) is 39.3 Å². The van der Waals surface area contributed by atoms with Gasteiger partial charge in [-0.25, -0.2) is 0 Å². The topological polar surface area (TPSA) is 28.4 Å². The lowest BCUT2D eigenvalue weighted by atomic mass is 10.2. The first-order valence-corrected chi connectivity index (χ1v) is 6.25. The molecule has 2 heterocycles. The predicted octanol–water partition coefficient (Wildman–Crippen LogP) is 2.16. The van der Waals surface area contributed by atoms with Crippen LogP contribution in [0.25, 0.3) is 0 Å². The molecule has 1 aromatic heterocycles. The Morgan fingerprint density at radius 1 is 1.44 bits per heavy atom. The summed E-state index contributed by atoms with van der Waals surface area (Å²) in [6.45, 7) is 8.69. The van der Waals surface area contributed by atoms with Crippen LogP contribution < -0.4 is 5.32 Å². The number of hydrogen-bond donors (Lipinski definition) is 1. The van der Waals surface area contributed by atoms with E-state index < -0.39 is 0 Å². The minimum absolute atomic E-state index is 0.640. The molecule has 0 bridgehead atoms. The van der Waals surface area contributed by atoms with Crippen LogP contribution in [0.1, 0.15) is 31.3 Å². The number of nitrogens with one attached hydrogen (secondary N) is 1. The van der Waals surface area contributed by atoms with Crippen LogP contribution in [0.2, 0.25) is 0 Å². The summed E-state index contributed by atoms with van der Waals surface area (Å²) in [6.07, 6.45) is 2.45. The number of furan rings is 1. The van der Waals surface area contributed by atoms with Crippen LogP contribution in [-0.4, -0.2) is 30.6 Å². The first kappa shape index (κ1) is 11.7. The molecule has 2 rings (SSSR count). The van der Waals surface area contributed by atoms with Crippen molar-refractivity contribution in [2.24, 2.45) is 0 Å². The van der Waals surface area contributed by atoms with E-state index in [4.69, 9.17) is 4.42 Å². The van der Waals surface area contributed by atoms with Crippen molar-refractivity contribution in [1.82, 2.24) is 10.2 Å². The lowest BCUT2D eigenvalue weighted by Gasteiger charge is -2.26. The third kappa shape index (κ3) is 3.35. The summed E-state index contributed by atoms with van der Waals surface area (Å²) < 4.78 is 5.63.